The normalized spacial score (nSPS) is 11.0. The van der Waals surface area contributed by atoms with Crippen LogP contribution in [0.15, 0.2) is 83.8 Å². The van der Waals surface area contributed by atoms with E-state index in [-0.39, 0.29) is 28.8 Å². The minimum atomic E-state index is -3.51. The number of nitrogens with zero attached hydrogens (tertiary/aromatic N) is 1. The molecule has 0 aromatic heterocycles. The molecule has 3 aromatic carbocycles. The van der Waals surface area contributed by atoms with Crippen LogP contribution in [0.3, 0.4) is 0 Å². The number of carbonyl (C=O) groups is 1. The molecule has 0 bridgehead atoms. The number of nitro benzene ring substituents is 1. The zero-order chi connectivity index (χ0) is 20.9. The van der Waals surface area contributed by atoms with Gasteiger partial charge in [0.05, 0.1) is 15.6 Å². The average molecular weight is 410 g/mol. The largest absolute Gasteiger partial charge is 0.348 e. The van der Waals surface area contributed by atoms with Gasteiger partial charge >= 0.3 is 0 Å². The van der Waals surface area contributed by atoms with Crippen LogP contribution in [0.25, 0.3) is 0 Å². The van der Waals surface area contributed by atoms with Gasteiger partial charge in [-0.2, -0.15) is 0 Å². The highest BCUT2D eigenvalue weighted by atomic mass is 32.2. The van der Waals surface area contributed by atoms with Crippen molar-refractivity contribution in [3.8, 4) is 0 Å². The summed E-state index contributed by atoms with van der Waals surface area (Å²) in [7, 11) is -3.51. The second-order valence-electron chi connectivity index (χ2n) is 6.38. The number of sulfone groups is 1. The van der Waals surface area contributed by atoms with Gasteiger partial charge in [0.25, 0.3) is 11.6 Å². The second-order valence-corrected chi connectivity index (χ2v) is 8.37. The highest BCUT2D eigenvalue weighted by Gasteiger charge is 2.16. The van der Waals surface area contributed by atoms with Gasteiger partial charge in [-0.05, 0) is 35.4 Å². The standard InChI is InChI=1S/C21H18N2O5S/c24-21(22-14-16-9-11-19(12-10-16)23(25)26)18-6-4-5-17(13-18)15-29(27,28)20-7-2-1-3-8-20/h1-13H,14-15H2,(H,22,24). The van der Waals surface area contributed by atoms with E-state index in [9.17, 15) is 23.3 Å². The zero-order valence-corrected chi connectivity index (χ0v) is 16.1. The van der Waals surface area contributed by atoms with Gasteiger partial charge in [0.15, 0.2) is 9.84 Å². The average Bonchev–Trinajstić information content (AvgIpc) is 2.73. The Bertz CT molecular complexity index is 1130. The molecule has 0 aliphatic carbocycles. The molecule has 0 atom stereocenters. The van der Waals surface area contributed by atoms with Crippen molar-refractivity contribution < 1.29 is 18.1 Å². The van der Waals surface area contributed by atoms with Crippen molar-refractivity contribution in [3.05, 3.63) is 106 Å². The summed E-state index contributed by atoms with van der Waals surface area (Å²) >= 11 is 0. The maximum atomic E-state index is 12.5. The quantitative estimate of drug-likeness (QED) is 0.474. The van der Waals surface area contributed by atoms with Crippen molar-refractivity contribution in [1.82, 2.24) is 5.32 Å². The van der Waals surface area contributed by atoms with Crippen LogP contribution in [0, 0.1) is 10.1 Å². The number of nitro groups is 1. The predicted molar refractivity (Wildman–Crippen MR) is 108 cm³/mol. The van der Waals surface area contributed by atoms with E-state index in [4.69, 9.17) is 0 Å². The van der Waals surface area contributed by atoms with Crippen molar-refractivity contribution in [1.29, 1.82) is 0 Å². The van der Waals surface area contributed by atoms with E-state index in [2.05, 4.69) is 5.32 Å². The first-order chi connectivity index (χ1) is 13.8. The first-order valence-electron chi connectivity index (χ1n) is 8.73. The highest BCUT2D eigenvalue weighted by molar-refractivity contribution is 7.90. The molecule has 0 heterocycles. The van der Waals surface area contributed by atoms with Gasteiger partial charge in [0.2, 0.25) is 0 Å². The molecule has 148 valence electrons. The number of hydrogen-bond donors (Lipinski definition) is 1. The van der Waals surface area contributed by atoms with Gasteiger partial charge in [-0.3, -0.25) is 14.9 Å². The summed E-state index contributed by atoms with van der Waals surface area (Å²) in [6.45, 7) is 0.198. The van der Waals surface area contributed by atoms with Crippen molar-refractivity contribution in [2.75, 3.05) is 0 Å². The van der Waals surface area contributed by atoms with Crippen LogP contribution < -0.4 is 5.32 Å². The molecule has 8 heteroatoms. The van der Waals surface area contributed by atoms with Crippen LogP contribution in [-0.4, -0.2) is 19.2 Å². The molecule has 1 amide bonds. The summed E-state index contributed by atoms with van der Waals surface area (Å²) in [5.41, 5.74) is 1.55. The second kappa shape index (κ2) is 8.66. The summed E-state index contributed by atoms with van der Waals surface area (Å²) < 4.78 is 25.0. The van der Waals surface area contributed by atoms with E-state index in [1.165, 1.54) is 24.3 Å². The Hall–Kier alpha value is -3.52. The summed E-state index contributed by atoms with van der Waals surface area (Å²) in [6.07, 6.45) is 0. The first-order valence-corrected chi connectivity index (χ1v) is 10.4. The topological polar surface area (TPSA) is 106 Å². The van der Waals surface area contributed by atoms with Gasteiger partial charge in [0.1, 0.15) is 0 Å². The Kier molecular flexibility index (Phi) is 6.04. The molecule has 3 rings (SSSR count). The van der Waals surface area contributed by atoms with Crippen LogP contribution in [0.1, 0.15) is 21.5 Å². The minimum absolute atomic E-state index is 0.0209. The number of carbonyl (C=O) groups excluding carboxylic acids is 1. The van der Waals surface area contributed by atoms with Gasteiger partial charge in [-0.25, -0.2) is 8.42 Å². The molecular formula is C21H18N2O5S. The Labute approximate surface area is 168 Å². The lowest BCUT2D eigenvalue weighted by molar-refractivity contribution is -0.384. The molecule has 7 nitrogen and oxygen atoms in total. The molecule has 29 heavy (non-hydrogen) atoms. The number of non-ortho nitro benzene ring substituents is 1. The van der Waals surface area contributed by atoms with E-state index >= 15 is 0 Å². The fourth-order valence-corrected chi connectivity index (χ4v) is 4.11. The zero-order valence-electron chi connectivity index (χ0n) is 15.3. The molecule has 0 unspecified atom stereocenters. The van der Waals surface area contributed by atoms with Crippen LogP contribution in [0.2, 0.25) is 0 Å². The Balaban J connectivity index is 1.67. The fourth-order valence-electron chi connectivity index (χ4n) is 2.75. The van der Waals surface area contributed by atoms with Gasteiger partial charge in [-0.1, -0.05) is 42.5 Å². The lowest BCUT2D eigenvalue weighted by Crippen LogP contribution is -2.23. The number of nitrogens with one attached hydrogen (secondary N) is 1. The SMILES string of the molecule is O=C(NCc1ccc([N+](=O)[O-])cc1)c1cccc(CS(=O)(=O)c2ccccc2)c1. The van der Waals surface area contributed by atoms with Crippen molar-refractivity contribution >= 4 is 21.4 Å². The minimum Gasteiger partial charge on any atom is -0.348 e. The first kappa shape index (κ1) is 20.2. The van der Waals surface area contributed by atoms with Crippen molar-refractivity contribution in [2.24, 2.45) is 0 Å². The third kappa shape index (κ3) is 5.26. The lowest BCUT2D eigenvalue weighted by atomic mass is 10.1. The molecule has 0 saturated carbocycles. The molecule has 1 N–H and O–H groups in total. The highest BCUT2D eigenvalue weighted by Crippen LogP contribution is 2.17. The predicted octanol–water partition coefficient (Wildman–Crippen LogP) is 3.50. The molecule has 0 aliphatic heterocycles. The summed E-state index contributed by atoms with van der Waals surface area (Å²) in [5.74, 6) is -0.567. The van der Waals surface area contributed by atoms with E-state index in [1.54, 1.807) is 54.6 Å². The molecule has 0 fully saturated rings. The molecule has 3 aromatic rings. The van der Waals surface area contributed by atoms with Gasteiger partial charge in [0, 0.05) is 24.2 Å². The maximum absolute atomic E-state index is 12.5. The number of hydrogen-bond acceptors (Lipinski definition) is 5. The van der Waals surface area contributed by atoms with E-state index in [1.807, 2.05) is 0 Å². The van der Waals surface area contributed by atoms with Crippen LogP contribution in [0.4, 0.5) is 5.69 Å². The monoisotopic (exact) mass is 410 g/mol. The third-order valence-electron chi connectivity index (χ3n) is 4.25. The Morgan fingerprint density at radius 1 is 0.897 bits per heavy atom. The van der Waals surface area contributed by atoms with Crippen LogP contribution in [0.5, 0.6) is 0 Å². The van der Waals surface area contributed by atoms with Crippen molar-refractivity contribution in [2.45, 2.75) is 17.2 Å². The van der Waals surface area contributed by atoms with E-state index in [0.29, 0.717) is 16.7 Å². The smallest absolute Gasteiger partial charge is 0.269 e. The molecular weight excluding hydrogens is 392 g/mol. The molecule has 0 spiro atoms. The third-order valence-corrected chi connectivity index (χ3v) is 5.95. The molecule has 0 radical (unpaired) electrons. The Morgan fingerprint density at radius 2 is 1.59 bits per heavy atom. The number of benzene rings is 3. The van der Waals surface area contributed by atoms with Crippen molar-refractivity contribution in [3.63, 3.8) is 0 Å². The van der Waals surface area contributed by atoms with E-state index in [0.717, 1.165) is 0 Å². The summed E-state index contributed by atoms with van der Waals surface area (Å²) in [5, 5.41) is 13.4. The fraction of sp³-hybridized carbons (Fsp3) is 0.0952. The summed E-state index contributed by atoms with van der Waals surface area (Å²) in [4.78, 5) is 22.8. The summed E-state index contributed by atoms with van der Waals surface area (Å²) in [6, 6.07) is 20.5. The molecule has 0 saturated heterocycles. The number of amides is 1. The van der Waals surface area contributed by atoms with Crippen LogP contribution in [-0.2, 0) is 22.1 Å². The Morgan fingerprint density at radius 3 is 2.24 bits per heavy atom. The lowest BCUT2D eigenvalue weighted by Gasteiger charge is -2.08. The van der Waals surface area contributed by atoms with E-state index < -0.39 is 14.8 Å². The maximum Gasteiger partial charge on any atom is 0.269 e. The molecule has 0 aliphatic rings. The van der Waals surface area contributed by atoms with Crippen LogP contribution >= 0.6 is 0 Å². The van der Waals surface area contributed by atoms with Gasteiger partial charge < -0.3 is 5.32 Å². The number of rotatable bonds is 7. The van der Waals surface area contributed by atoms with Gasteiger partial charge in [-0.15, -0.1) is 0 Å².